The standard InChI is InChI=1S/C21H30N4O/c1-2-25-20-18(15-10-5-6-11-16(15)21(26)22-20)19(23-25)17-12-7-13-24(17)14-8-3-4-9-14/h14,17H,2-13H2,1H3,(H,22,26). The molecule has 5 rings (SSSR count). The molecule has 1 aliphatic heterocycles. The van der Waals surface area contributed by atoms with E-state index in [-0.39, 0.29) is 5.56 Å². The summed E-state index contributed by atoms with van der Waals surface area (Å²) in [6, 6.07) is 1.17. The summed E-state index contributed by atoms with van der Waals surface area (Å²) in [6.45, 7) is 4.14. The van der Waals surface area contributed by atoms with Crippen LogP contribution in [0.1, 0.15) is 81.2 Å². The normalized spacial score (nSPS) is 24.6. The van der Waals surface area contributed by atoms with Crippen LogP contribution >= 0.6 is 0 Å². The summed E-state index contributed by atoms with van der Waals surface area (Å²) in [5.41, 5.74) is 4.67. The Bertz CT molecular complexity index is 874. The van der Waals surface area contributed by atoms with E-state index >= 15 is 0 Å². The number of aryl methyl sites for hydroxylation is 2. The molecule has 0 amide bonds. The minimum atomic E-state index is 0.118. The molecule has 1 saturated carbocycles. The van der Waals surface area contributed by atoms with E-state index in [0.717, 1.165) is 43.1 Å². The molecule has 3 heterocycles. The van der Waals surface area contributed by atoms with Crippen molar-refractivity contribution in [2.75, 3.05) is 6.54 Å². The largest absolute Gasteiger partial charge is 0.307 e. The first kappa shape index (κ1) is 16.5. The Morgan fingerprint density at radius 3 is 2.58 bits per heavy atom. The van der Waals surface area contributed by atoms with Crippen LogP contribution in [0.2, 0.25) is 0 Å². The number of aromatic nitrogens is 3. The Morgan fingerprint density at radius 2 is 1.81 bits per heavy atom. The van der Waals surface area contributed by atoms with Gasteiger partial charge in [0, 0.05) is 23.5 Å². The minimum absolute atomic E-state index is 0.118. The number of aromatic amines is 1. The maximum Gasteiger partial charge on any atom is 0.253 e. The van der Waals surface area contributed by atoms with Crippen molar-refractivity contribution >= 4 is 11.0 Å². The second kappa shape index (κ2) is 6.52. The molecule has 1 saturated heterocycles. The highest BCUT2D eigenvalue weighted by Crippen LogP contribution is 2.41. The zero-order chi connectivity index (χ0) is 17.7. The highest BCUT2D eigenvalue weighted by molar-refractivity contribution is 5.84. The van der Waals surface area contributed by atoms with Crippen molar-refractivity contribution < 1.29 is 0 Å². The number of likely N-dealkylation sites (tertiary alicyclic amines) is 1. The lowest BCUT2D eigenvalue weighted by Gasteiger charge is -2.30. The van der Waals surface area contributed by atoms with Crippen LogP contribution in [0.4, 0.5) is 0 Å². The summed E-state index contributed by atoms with van der Waals surface area (Å²) in [4.78, 5) is 18.6. The van der Waals surface area contributed by atoms with Gasteiger partial charge in [-0.15, -0.1) is 0 Å². The lowest BCUT2D eigenvalue weighted by molar-refractivity contribution is 0.180. The van der Waals surface area contributed by atoms with E-state index in [2.05, 4.69) is 16.8 Å². The molecule has 2 aromatic heterocycles. The number of nitrogens with one attached hydrogen (secondary N) is 1. The molecule has 3 aliphatic rings. The maximum atomic E-state index is 12.6. The second-order valence-corrected chi connectivity index (χ2v) is 8.38. The fourth-order valence-corrected chi connectivity index (χ4v) is 5.74. The van der Waals surface area contributed by atoms with Crippen LogP contribution in [0.15, 0.2) is 4.79 Å². The average molecular weight is 354 g/mol. The van der Waals surface area contributed by atoms with E-state index in [9.17, 15) is 4.79 Å². The van der Waals surface area contributed by atoms with Crippen molar-refractivity contribution in [2.24, 2.45) is 0 Å². The second-order valence-electron chi connectivity index (χ2n) is 8.38. The van der Waals surface area contributed by atoms with E-state index in [1.165, 1.54) is 68.1 Å². The maximum absolute atomic E-state index is 12.6. The van der Waals surface area contributed by atoms with Gasteiger partial charge in [0.05, 0.1) is 11.7 Å². The molecule has 140 valence electrons. The molecule has 5 heteroatoms. The number of hydrogen-bond acceptors (Lipinski definition) is 3. The van der Waals surface area contributed by atoms with E-state index in [1.54, 1.807) is 0 Å². The number of fused-ring (bicyclic) bond motifs is 3. The Morgan fingerprint density at radius 1 is 1.04 bits per heavy atom. The number of nitrogens with zero attached hydrogens (tertiary/aromatic N) is 3. The van der Waals surface area contributed by atoms with E-state index < -0.39 is 0 Å². The van der Waals surface area contributed by atoms with Crippen molar-refractivity contribution in [3.8, 4) is 0 Å². The van der Waals surface area contributed by atoms with E-state index in [0.29, 0.717) is 6.04 Å². The number of pyridine rings is 1. The quantitative estimate of drug-likeness (QED) is 0.914. The van der Waals surface area contributed by atoms with Gasteiger partial charge in [-0.05, 0) is 70.4 Å². The number of rotatable bonds is 3. The third kappa shape index (κ3) is 2.47. The van der Waals surface area contributed by atoms with Crippen LogP contribution in [0.25, 0.3) is 11.0 Å². The average Bonchev–Trinajstić information content (AvgIpc) is 3.40. The lowest BCUT2D eigenvalue weighted by Crippen LogP contribution is -2.33. The smallest absolute Gasteiger partial charge is 0.253 e. The lowest BCUT2D eigenvalue weighted by atomic mass is 9.89. The number of H-pyrrole nitrogens is 1. The fraction of sp³-hybridized carbons (Fsp3) is 0.714. The molecule has 1 atom stereocenters. The van der Waals surface area contributed by atoms with Crippen LogP contribution in [-0.2, 0) is 19.4 Å². The van der Waals surface area contributed by atoms with Crippen molar-refractivity contribution in [2.45, 2.75) is 89.8 Å². The van der Waals surface area contributed by atoms with Gasteiger partial charge in [0.2, 0.25) is 0 Å². The third-order valence-electron chi connectivity index (χ3n) is 6.96. The first-order valence-corrected chi connectivity index (χ1v) is 10.7. The first-order chi connectivity index (χ1) is 12.8. The monoisotopic (exact) mass is 354 g/mol. The molecular formula is C21H30N4O. The summed E-state index contributed by atoms with van der Waals surface area (Å²) in [5.74, 6) is 0. The topological polar surface area (TPSA) is 53.9 Å². The summed E-state index contributed by atoms with van der Waals surface area (Å²) in [6.07, 6.45) is 12.2. The van der Waals surface area contributed by atoms with Gasteiger partial charge in [0.15, 0.2) is 0 Å². The first-order valence-electron chi connectivity index (χ1n) is 10.7. The van der Waals surface area contributed by atoms with Gasteiger partial charge in [-0.1, -0.05) is 12.8 Å². The Balaban J connectivity index is 1.68. The van der Waals surface area contributed by atoms with Gasteiger partial charge in [0.1, 0.15) is 5.65 Å². The van der Waals surface area contributed by atoms with Crippen LogP contribution in [0.3, 0.4) is 0 Å². The molecule has 0 radical (unpaired) electrons. The number of hydrogen-bond donors (Lipinski definition) is 1. The van der Waals surface area contributed by atoms with Gasteiger partial charge in [-0.25, -0.2) is 4.68 Å². The summed E-state index contributed by atoms with van der Waals surface area (Å²) < 4.78 is 2.03. The molecule has 2 aliphatic carbocycles. The van der Waals surface area contributed by atoms with Gasteiger partial charge < -0.3 is 4.98 Å². The highest BCUT2D eigenvalue weighted by Gasteiger charge is 2.36. The van der Waals surface area contributed by atoms with Crippen LogP contribution in [-0.4, -0.2) is 32.3 Å². The predicted molar refractivity (Wildman–Crippen MR) is 104 cm³/mol. The van der Waals surface area contributed by atoms with Crippen molar-refractivity contribution in [1.82, 2.24) is 19.7 Å². The zero-order valence-electron chi connectivity index (χ0n) is 15.9. The third-order valence-corrected chi connectivity index (χ3v) is 6.96. The molecule has 2 fully saturated rings. The molecule has 1 unspecified atom stereocenters. The van der Waals surface area contributed by atoms with E-state index in [1.807, 2.05) is 4.68 Å². The molecule has 5 nitrogen and oxygen atoms in total. The van der Waals surface area contributed by atoms with Gasteiger partial charge in [-0.3, -0.25) is 9.69 Å². The molecular weight excluding hydrogens is 324 g/mol. The summed E-state index contributed by atoms with van der Waals surface area (Å²) >= 11 is 0. The van der Waals surface area contributed by atoms with Crippen molar-refractivity contribution in [1.29, 1.82) is 0 Å². The summed E-state index contributed by atoms with van der Waals surface area (Å²) in [7, 11) is 0. The van der Waals surface area contributed by atoms with E-state index in [4.69, 9.17) is 5.10 Å². The molecule has 0 bridgehead atoms. The van der Waals surface area contributed by atoms with Crippen molar-refractivity contribution in [3.63, 3.8) is 0 Å². The van der Waals surface area contributed by atoms with Gasteiger partial charge in [0.25, 0.3) is 5.56 Å². The minimum Gasteiger partial charge on any atom is -0.307 e. The Hall–Kier alpha value is -1.62. The van der Waals surface area contributed by atoms with Crippen LogP contribution in [0.5, 0.6) is 0 Å². The molecule has 26 heavy (non-hydrogen) atoms. The van der Waals surface area contributed by atoms with Gasteiger partial charge in [-0.2, -0.15) is 5.10 Å². The highest BCUT2D eigenvalue weighted by atomic mass is 16.1. The Kier molecular flexibility index (Phi) is 4.15. The molecule has 0 aromatic carbocycles. The Labute approximate surface area is 154 Å². The van der Waals surface area contributed by atoms with Crippen molar-refractivity contribution in [3.05, 3.63) is 27.2 Å². The van der Waals surface area contributed by atoms with Crippen LogP contribution in [0, 0.1) is 0 Å². The fourth-order valence-electron chi connectivity index (χ4n) is 5.74. The summed E-state index contributed by atoms with van der Waals surface area (Å²) in [5, 5.41) is 6.35. The molecule has 1 N–H and O–H groups in total. The molecule has 2 aromatic rings. The van der Waals surface area contributed by atoms with Crippen LogP contribution < -0.4 is 5.56 Å². The zero-order valence-corrected chi connectivity index (χ0v) is 15.9. The SMILES string of the molecule is CCn1nc(C2CCCN2C2CCCC2)c2c3c(c(=O)[nH]c21)CCCC3. The predicted octanol–water partition coefficient (Wildman–Crippen LogP) is 3.70. The van der Waals surface area contributed by atoms with Gasteiger partial charge >= 0.3 is 0 Å². The molecule has 0 spiro atoms.